The van der Waals surface area contributed by atoms with Gasteiger partial charge in [0, 0.05) is 30.3 Å². The third-order valence-electron chi connectivity index (χ3n) is 3.78. The second-order valence-electron chi connectivity index (χ2n) is 5.03. The standard InChI is InChI=1S/C13H18N4O/c14-8-10-6-13(18)17-12(15-10)7-11(16-17)9-4-2-1-3-5-9/h6-7,9,16H,1-5,8,14H2. The zero-order chi connectivity index (χ0) is 12.5. The number of rotatable bonds is 2. The highest BCUT2D eigenvalue weighted by molar-refractivity contribution is 5.40. The SMILES string of the molecule is NCc1cc(=O)n2[nH]c(C3CCCCC3)cc2n1. The monoisotopic (exact) mass is 246 g/mol. The molecule has 5 nitrogen and oxygen atoms in total. The van der Waals surface area contributed by atoms with E-state index in [1.54, 1.807) is 0 Å². The van der Waals surface area contributed by atoms with Crippen molar-refractivity contribution in [3.05, 3.63) is 33.9 Å². The van der Waals surface area contributed by atoms with E-state index in [0.717, 1.165) is 5.69 Å². The third kappa shape index (κ3) is 1.95. The normalized spacial score (nSPS) is 17.4. The summed E-state index contributed by atoms with van der Waals surface area (Å²) < 4.78 is 1.52. The van der Waals surface area contributed by atoms with Crippen LogP contribution in [0.5, 0.6) is 0 Å². The van der Waals surface area contributed by atoms with Gasteiger partial charge in [-0.15, -0.1) is 0 Å². The van der Waals surface area contributed by atoms with Crippen LogP contribution in [0.4, 0.5) is 0 Å². The van der Waals surface area contributed by atoms with E-state index in [0.29, 0.717) is 23.8 Å². The van der Waals surface area contributed by atoms with E-state index in [4.69, 9.17) is 5.73 Å². The molecule has 0 amide bonds. The van der Waals surface area contributed by atoms with Crippen molar-refractivity contribution < 1.29 is 0 Å². The van der Waals surface area contributed by atoms with Gasteiger partial charge in [-0.1, -0.05) is 19.3 Å². The van der Waals surface area contributed by atoms with Crippen molar-refractivity contribution in [3.8, 4) is 0 Å². The first-order chi connectivity index (χ1) is 8.78. The van der Waals surface area contributed by atoms with Gasteiger partial charge in [-0.25, -0.2) is 9.50 Å². The Morgan fingerprint density at radius 2 is 2.11 bits per heavy atom. The average Bonchev–Trinajstić information content (AvgIpc) is 2.84. The van der Waals surface area contributed by atoms with Gasteiger partial charge in [0.1, 0.15) is 0 Å². The summed E-state index contributed by atoms with van der Waals surface area (Å²) in [5.41, 5.74) is 7.92. The fraction of sp³-hybridized carbons (Fsp3) is 0.538. The Bertz CT molecular complexity index is 607. The molecule has 3 rings (SSSR count). The third-order valence-corrected chi connectivity index (χ3v) is 3.78. The van der Waals surface area contributed by atoms with Crippen molar-refractivity contribution in [1.29, 1.82) is 0 Å². The molecule has 1 aliphatic rings. The number of aromatic amines is 1. The fourth-order valence-electron chi connectivity index (χ4n) is 2.79. The molecule has 5 heteroatoms. The van der Waals surface area contributed by atoms with Crippen molar-refractivity contribution in [2.75, 3.05) is 0 Å². The first-order valence-corrected chi connectivity index (χ1v) is 6.59. The summed E-state index contributed by atoms with van der Waals surface area (Å²) in [5, 5.41) is 3.19. The molecule has 0 saturated heterocycles. The Balaban J connectivity index is 2.04. The maximum atomic E-state index is 11.9. The molecule has 0 aliphatic heterocycles. The van der Waals surface area contributed by atoms with E-state index in [-0.39, 0.29) is 5.56 Å². The summed E-state index contributed by atoms with van der Waals surface area (Å²) >= 11 is 0. The van der Waals surface area contributed by atoms with Crippen LogP contribution in [0, 0.1) is 0 Å². The summed E-state index contributed by atoms with van der Waals surface area (Å²) in [6.07, 6.45) is 6.27. The van der Waals surface area contributed by atoms with Crippen LogP contribution in [0.15, 0.2) is 16.9 Å². The Labute approximate surface area is 105 Å². The average molecular weight is 246 g/mol. The number of hydrogen-bond acceptors (Lipinski definition) is 3. The molecule has 18 heavy (non-hydrogen) atoms. The minimum Gasteiger partial charge on any atom is -0.325 e. The number of hydrogen-bond donors (Lipinski definition) is 2. The molecule has 0 aromatic carbocycles. The van der Waals surface area contributed by atoms with Crippen LogP contribution in [0.25, 0.3) is 5.65 Å². The summed E-state index contributed by atoms with van der Waals surface area (Å²) in [6, 6.07) is 3.49. The molecular weight excluding hydrogens is 228 g/mol. The maximum absolute atomic E-state index is 11.9. The molecule has 3 N–H and O–H groups in total. The Morgan fingerprint density at radius 1 is 1.33 bits per heavy atom. The highest BCUT2D eigenvalue weighted by Crippen LogP contribution is 2.31. The highest BCUT2D eigenvalue weighted by atomic mass is 16.1. The van der Waals surface area contributed by atoms with Crippen LogP contribution in [0.3, 0.4) is 0 Å². The number of fused-ring (bicyclic) bond motifs is 1. The molecule has 1 fully saturated rings. The largest absolute Gasteiger partial charge is 0.325 e. The lowest BCUT2D eigenvalue weighted by atomic mass is 9.87. The van der Waals surface area contributed by atoms with Crippen molar-refractivity contribution in [3.63, 3.8) is 0 Å². The van der Waals surface area contributed by atoms with Gasteiger partial charge in [0.15, 0.2) is 5.65 Å². The van der Waals surface area contributed by atoms with Crippen LogP contribution < -0.4 is 11.3 Å². The highest BCUT2D eigenvalue weighted by Gasteiger charge is 2.18. The smallest absolute Gasteiger partial charge is 0.272 e. The van der Waals surface area contributed by atoms with Gasteiger partial charge < -0.3 is 5.73 Å². The topological polar surface area (TPSA) is 76.2 Å². The molecule has 0 spiro atoms. The van der Waals surface area contributed by atoms with E-state index < -0.39 is 0 Å². The number of aromatic nitrogens is 3. The molecule has 2 heterocycles. The zero-order valence-electron chi connectivity index (χ0n) is 10.4. The number of nitrogens with one attached hydrogen (secondary N) is 1. The predicted octanol–water partition coefficient (Wildman–Crippen LogP) is 1.53. The van der Waals surface area contributed by atoms with Gasteiger partial charge >= 0.3 is 0 Å². The maximum Gasteiger partial charge on any atom is 0.272 e. The summed E-state index contributed by atoms with van der Waals surface area (Å²) in [6.45, 7) is 0.301. The van der Waals surface area contributed by atoms with Gasteiger partial charge in [0.25, 0.3) is 5.56 Å². The first kappa shape index (κ1) is 11.5. The van der Waals surface area contributed by atoms with Crippen LogP contribution in [0.1, 0.15) is 49.4 Å². The number of nitrogens with two attached hydrogens (primary N) is 1. The second kappa shape index (κ2) is 4.57. The molecule has 96 valence electrons. The van der Waals surface area contributed by atoms with E-state index in [1.807, 2.05) is 6.07 Å². The van der Waals surface area contributed by atoms with Gasteiger partial charge in [0.2, 0.25) is 0 Å². The molecule has 1 saturated carbocycles. The summed E-state index contributed by atoms with van der Waals surface area (Å²) in [7, 11) is 0. The van der Waals surface area contributed by atoms with Crippen molar-refractivity contribution in [2.24, 2.45) is 5.73 Å². The van der Waals surface area contributed by atoms with Crippen LogP contribution in [0.2, 0.25) is 0 Å². The van der Waals surface area contributed by atoms with Crippen LogP contribution in [-0.2, 0) is 6.54 Å². The lowest BCUT2D eigenvalue weighted by Crippen LogP contribution is -2.17. The summed E-state index contributed by atoms with van der Waals surface area (Å²) in [4.78, 5) is 16.3. The molecule has 0 unspecified atom stereocenters. The predicted molar refractivity (Wildman–Crippen MR) is 69.5 cm³/mol. The van der Waals surface area contributed by atoms with Gasteiger partial charge in [-0.2, -0.15) is 0 Å². The minimum absolute atomic E-state index is 0.0810. The van der Waals surface area contributed by atoms with E-state index in [9.17, 15) is 4.79 Å². The lowest BCUT2D eigenvalue weighted by Gasteiger charge is -2.19. The van der Waals surface area contributed by atoms with Crippen molar-refractivity contribution >= 4 is 5.65 Å². The minimum atomic E-state index is -0.0810. The van der Waals surface area contributed by atoms with Gasteiger partial charge in [-0.05, 0) is 12.8 Å². The van der Waals surface area contributed by atoms with Gasteiger partial charge in [-0.3, -0.25) is 9.89 Å². The zero-order valence-corrected chi connectivity index (χ0v) is 10.4. The quantitative estimate of drug-likeness (QED) is 0.843. The molecule has 1 aliphatic carbocycles. The lowest BCUT2D eigenvalue weighted by molar-refractivity contribution is 0.435. The van der Waals surface area contributed by atoms with E-state index in [2.05, 4.69) is 10.1 Å². The molecule has 2 aromatic rings. The molecule has 0 atom stereocenters. The molecule has 0 radical (unpaired) electrons. The van der Waals surface area contributed by atoms with Crippen molar-refractivity contribution in [1.82, 2.24) is 14.6 Å². The molecule has 0 bridgehead atoms. The Morgan fingerprint density at radius 3 is 2.83 bits per heavy atom. The van der Waals surface area contributed by atoms with Gasteiger partial charge in [0.05, 0.1) is 5.69 Å². The second-order valence-corrected chi connectivity index (χ2v) is 5.03. The van der Waals surface area contributed by atoms with Crippen LogP contribution >= 0.6 is 0 Å². The molecular formula is C13H18N4O. The van der Waals surface area contributed by atoms with E-state index >= 15 is 0 Å². The first-order valence-electron chi connectivity index (χ1n) is 6.59. The Kier molecular flexibility index (Phi) is 2.91. The fourth-order valence-corrected chi connectivity index (χ4v) is 2.79. The number of H-pyrrole nitrogens is 1. The summed E-state index contributed by atoms with van der Waals surface area (Å²) in [5.74, 6) is 0.543. The van der Waals surface area contributed by atoms with Crippen LogP contribution in [-0.4, -0.2) is 14.6 Å². The Hall–Kier alpha value is -1.62. The number of nitrogens with zero attached hydrogens (tertiary/aromatic N) is 2. The van der Waals surface area contributed by atoms with Crippen molar-refractivity contribution in [2.45, 2.75) is 44.6 Å². The molecule has 2 aromatic heterocycles. The van der Waals surface area contributed by atoms with E-state index in [1.165, 1.54) is 42.7 Å².